The molecule has 2 heterocycles. The zero-order valence-electron chi connectivity index (χ0n) is 41.4. The van der Waals surface area contributed by atoms with Crippen molar-refractivity contribution in [2.45, 2.75) is 128 Å². The Balaban J connectivity index is 1.01. The summed E-state index contributed by atoms with van der Waals surface area (Å²) in [4.78, 5) is 5.38. The van der Waals surface area contributed by atoms with E-state index >= 15 is 0 Å². The van der Waals surface area contributed by atoms with E-state index in [4.69, 9.17) is 4.42 Å². The lowest BCUT2D eigenvalue weighted by Crippen LogP contribution is -2.54. The second-order valence-electron chi connectivity index (χ2n) is 22.3. The fourth-order valence-electron chi connectivity index (χ4n) is 14.5. The highest BCUT2D eigenvalue weighted by atomic mass is 16.3. The molecule has 2 fully saturated rings. The van der Waals surface area contributed by atoms with E-state index in [1.54, 1.807) is 0 Å². The molecule has 0 spiro atoms. The number of para-hydroxylation sites is 3. The van der Waals surface area contributed by atoms with Crippen molar-refractivity contribution in [3.63, 3.8) is 0 Å². The maximum Gasteiger partial charge on any atom is 0.140 e. The normalized spacial score (nSPS) is 21.0. The molecule has 2 atom stereocenters. The molecule has 9 aromatic rings. The summed E-state index contributed by atoms with van der Waals surface area (Å²) in [5, 5.41) is 5.01. The molecule has 0 N–H and O–H groups in total. The molecular weight excluding hydrogens is 837 g/mol. The molecule has 69 heavy (non-hydrogen) atoms. The van der Waals surface area contributed by atoms with Gasteiger partial charge in [-0.3, -0.25) is 0 Å². The van der Waals surface area contributed by atoms with Crippen LogP contribution in [0.25, 0.3) is 66.1 Å². The lowest BCUT2D eigenvalue weighted by molar-refractivity contribution is 0.195. The SMILES string of the molecule is CCc1cc(-c2cc3c(c4ccccc24)-c2cc(-c4ccc5c(c4)C4(C)CCCCC4(C)N5c4ccccc4)c4c(oc5ccccc54)c2C3(C)C)ccc1N(c1ccccc1)C1(C)CCCCC1. The van der Waals surface area contributed by atoms with E-state index in [1.807, 2.05) is 0 Å². The van der Waals surface area contributed by atoms with E-state index < -0.39 is 0 Å². The quantitative estimate of drug-likeness (QED) is 0.159. The van der Waals surface area contributed by atoms with Crippen LogP contribution in [0.2, 0.25) is 0 Å². The fourth-order valence-corrected chi connectivity index (χ4v) is 14.5. The van der Waals surface area contributed by atoms with E-state index in [0.29, 0.717) is 0 Å². The van der Waals surface area contributed by atoms with Crippen LogP contribution in [0, 0.1) is 0 Å². The van der Waals surface area contributed by atoms with Gasteiger partial charge in [-0.05, 0) is 174 Å². The van der Waals surface area contributed by atoms with Gasteiger partial charge in [-0.25, -0.2) is 0 Å². The molecule has 2 unspecified atom stereocenters. The summed E-state index contributed by atoms with van der Waals surface area (Å²) >= 11 is 0. The van der Waals surface area contributed by atoms with Gasteiger partial charge in [0.25, 0.3) is 0 Å². The number of hydrogen-bond donors (Lipinski definition) is 0. The minimum Gasteiger partial charge on any atom is -0.456 e. The molecular formula is C66H64N2O. The molecule has 13 rings (SSSR count). The Morgan fingerprint density at radius 2 is 1.20 bits per heavy atom. The third-order valence-corrected chi connectivity index (χ3v) is 18.2. The van der Waals surface area contributed by atoms with Gasteiger partial charge < -0.3 is 14.2 Å². The average molecular weight is 901 g/mol. The molecule has 3 aliphatic carbocycles. The largest absolute Gasteiger partial charge is 0.456 e. The van der Waals surface area contributed by atoms with E-state index in [9.17, 15) is 0 Å². The molecule has 1 aliphatic heterocycles. The van der Waals surface area contributed by atoms with Gasteiger partial charge in [0, 0.05) is 55.5 Å². The van der Waals surface area contributed by atoms with Crippen LogP contribution in [0.4, 0.5) is 22.7 Å². The third-order valence-electron chi connectivity index (χ3n) is 18.2. The van der Waals surface area contributed by atoms with Crippen LogP contribution in [0.5, 0.6) is 0 Å². The lowest BCUT2D eigenvalue weighted by atomic mass is 9.61. The first-order valence-corrected chi connectivity index (χ1v) is 26.1. The van der Waals surface area contributed by atoms with Crippen molar-refractivity contribution in [2.24, 2.45) is 0 Å². The Kier molecular flexibility index (Phi) is 9.53. The summed E-state index contributed by atoms with van der Waals surface area (Å²) < 4.78 is 7.19. The fraction of sp³-hybridized carbons (Fsp3) is 0.303. The Hall–Kier alpha value is -6.58. The van der Waals surface area contributed by atoms with Crippen LogP contribution in [-0.4, -0.2) is 11.1 Å². The lowest BCUT2D eigenvalue weighted by Gasteiger charge is -2.50. The molecule has 8 aromatic carbocycles. The standard InChI is InChI=1S/C66H64N2O/c1-7-43-39-44(31-33-56(43)67(46-23-11-8-12-24-46)64(4)35-19-10-20-36-64)51-42-55-59(49-28-16-15-27-48(49)51)53-41-52(60-50-29-17-18-30-58(50)69-62(60)61(53)63(55,2)3)45-32-34-57-54(40-45)65(5)37-21-22-38-66(65,6)68(57)47-25-13-9-14-26-47/h8-9,11-18,23-34,39-42H,7,10,19-22,35-38H2,1-6H3. The molecule has 3 nitrogen and oxygen atoms in total. The van der Waals surface area contributed by atoms with E-state index in [2.05, 4.69) is 209 Å². The number of anilines is 4. The van der Waals surface area contributed by atoms with Crippen molar-refractivity contribution < 1.29 is 4.42 Å². The van der Waals surface area contributed by atoms with E-state index in [-0.39, 0.29) is 21.9 Å². The third kappa shape index (κ3) is 6.04. The van der Waals surface area contributed by atoms with Crippen molar-refractivity contribution in [1.29, 1.82) is 0 Å². The Labute approximate surface area is 408 Å². The van der Waals surface area contributed by atoms with Crippen molar-refractivity contribution in [2.75, 3.05) is 9.80 Å². The summed E-state index contributed by atoms with van der Waals surface area (Å²) in [6.07, 6.45) is 12.1. The molecule has 0 saturated heterocycles. The number of aryl methyl sites for hydroxylation is 1. The minimum atomic E-state index is -0.327. The molecule has 0 amide bonds. The predicted molar refractivity (Wildman–Crippen MR) is 292 cm³/mol. The Morgan fingerprint density at radius 1 is 0.551 bits per heavy atom. The summed E-state index contributed by atoms with van der Waals surface area (Å²) in [7, 11) is 0. The highest BCUT2D eigenvalue weighted by molar-refractivity contribution is 6.19. The van der Waals surface area contributed by atoms with Gasteiger partial charge in [0.05, 0.1) is 5.54 Å². The van der Waals surface area contributed by atoms with Crippen molar-refractivity contribution in [3.05, 3.63) is 180 Å². The summed E-state index contributed by atoms with van der Waals surface area (Å²) in [5.41, 5.74) is 20.2. The van der Waals surface area contributed by atoms with Gasteiger partial charge in [-0.2, -0.15) is 0 Å². The highest BCUT2D eigenvalue weighted by Gasteiger charge is 2.57. The Bertz CT molecular complexity index is 3500. The molecule has 4 aliphatic rings. The molecule has 1 aromatic heterocycles. The van der Waals surface area contributed by atoms with Crippen LogP contribution in [0.15, 0.2) is 162 Å². The molecule has 3 heteroatoms. The van der Waals surface area contributed by atoms with E-state index in [0.717, 1.165) is 17.6 Å². The molecule has 2 saturated carbocycles. The Morgan fingerprint density at radius 3 is 1.97 bits per heavy atom. The second-order valence-corrected chi connectivity index (χ2v) is 22.3. The number of rotatable bonds is 7. The first-order valence-electron chi connectivity index (χ1n) is 26.1. The van der Waals surface area contributed by atoms with E-state index in [1.165, 1.54) is 158 Å². The number of hydrogen-bond acceptors (Lipinski definition) is 3. The van der Waals surface area contributed by atoms with Crippen LogP contribution in [-0.2, 0) is 17.3 Å². The van der Waals surface area contributed by atoms with Gasteiger partial charge >= 0.3 is 0 Å². The molecule has 344 valence electrons. The topological polar surface area (TPSA) is 19.6 Å². The minimum absolute atomic E-state index is 0.00540. The molecule has 0 radical (unpaired) electrons. The van der Waals surface area contributed by atoms with Gasteiger partial charge in [0.15, 0.2) is 0 Å². The van der Waals surface area contributed by atoms with Crippen LogP contribution in [0.1, 0.15) is 122 Å². The van der Waals surface area contributed by atoms with Crippen LogP contribution in [0.3, 0.4) is 0 Å². The second kappa shape index (κ2) is 15.5. The van der Waals surface area contributed by atoms with Crippen LogP contribution >= 0.6 is 0 Å². The monoisotopic (exact) mass is 901 g/mol. The first kappa shape index (κ1) is 42.5. The molecule has 0 bridgehead atoms. The number of benzene rings is 8. The summed E-state index contributed by atoms with van der Waals surface area (Å²) in [6.45, 7) is 14.8. The van der Waals surface area contributed by atoms with Crippen LogP contribution < -0.4 is 9.80 Å². The summed E-state index contributed by atoms with van der Waals surface area (Å²) in [6, 6.07) is 60.1. The zero-order chi connectivity index (χ0) is 46.9. The number of nitrogens with zero attached hydrogens (tertiary/aromatic N) is 2. The van der Waals surface area contributed by atoms with Crippen molar-refractivity contribution in [1.82, 2.24) is 0 Å². The smallest absolute Gasteiger partial charge is 0.140 e. The zero-order valence-corrected chi connectivity index (χ0v) is 41.4. The highest BCUT2D eigenvalue weighted by Crippen LogP contribution is 2.63. The maximum absolute atomic E-state index is 7.19. The van der Waals surface area contributed by atoms with Gasteiger partial charge in [-0.15, -0.1) is 0 Å². The number of furan rings is 1. The van der Waals surface area contributed by atoms with Crippen molar-refractivity contribution in [3.8, 4) is 33.4 Å². The maximum atomic E-state index is 7.19. The van der Waals surface area contributed by atoms with Crippen molar-refractivity contribution >= 4 is 55.5 Å². The predicted octanol–water partition coefficient (Wildman–Crippen LogP) is 18.5. The summed E-state index contributed by atoms with van der Waals surface area (Å²) in [5.74, 6) is 0. The van der Waals surface area contributed by atoms with Gasteiger partial charge in [0.1, 0.15) is 11.2 Å². The number of fused-ring (bicyclic) bond motifs is 12. The van der Waals surface area contributed by atoms with Gasteiger partial charge in [-0.1, -0.05) is 151 Å². The average Bonchev–Trinajstić information content (AvgIpc) is 3.94. The van der Waals surface area contributed by atoms with Gasteiger partial charge in [0.2, 0.25) is 0 Å². The first-order chi connectivity index (χ1) is 33.5.